The van der Waals surface area contributed by atoms with Gasteiger partial charge in [0.25, 0.3) is 5.91 Å². The second-order valence-electron chi connectivity index (χ2n) is 7.01. The van der Waals surface area contributed by atoms with Crippen LogP contribution < -0.4 is 5.32 Å². The van der Waals surface area contributed by atoms with Crippen LogP contribution in [0.3, 0.4) is 0 Å². The van der Waals surface area contributed by atoms with Crippen molar-refractivity contribution >= 4 is 34.1 Å². The number of nitrogens with zero attached hydrogens (tertiary/aromatic N) is 2. The summed E-state index contributed by atoms with van der Waals surface area (Å²) in [7, 11) is 1.32. The van der Waals surface area contributed by atoms with Gasteiger partial charge in [0.15, 0.2) is 5.76 Å². The summed E-state index contributed by atoms with van der Waals surface area (Å²) in [6.45, 7) is 7.96. The van der Waals surface area contributed by atoms with Crippen molar-refractivity contribution in [2.75, 3.05) is 45.2 Å². The minimum Gasteiger partial charge on any atom is -0.465 e. The Morgan fingerprint density at radius 1 is 1.14 bits per heavy atom. The SMILES string of the molecule is COC(=O)c1c(NC(=O)CN2CCN(C(=O)c3ccc(C)o3)CC2)sc(C)c1C. The summed E-state index contributed by atoms with van der Waals surface area (Å²) in [4.78, 5) is 41.7. The minimum atomic E-state index is -0.456. The molecule has 8 nitrogen and oxygen atoms in total. The number of piperazine rings is 1. The van der Waals surface area contributed by atoms with Crippen LogP contribution in [0.1, 0.15) is 37.1 Å². The molecule has 156 valence electrons. The highest BCUT2D eigenvalue weighted by Gasteiger charge is 2.26. The van der Waals surface area contributed by atoms with Gasteiger partial charge in [0.1, 0.15) is 10.8 Å². The van der Waals surface area contributed by atoms with Crippen LogP contribution in [0.2, 0.25) is 0 Å². The third-order valence-corrected chi connectivity index (χ3v) is 6.13. The molecule has 0 unspecified atom stereocenters. The van der Waals surface area contributed by atoms with E-state index in [-0.39, 0.29) is 18.4 Å². The molecule has 9 heteroatoms. The number of furan rings is 1. The van der Waals surface area contributed by atoms with Crippen molar-refractivity contribution in [3.63, 3.8) is 0 Å². The largest absolute Gasteiger partial charge is 0.465 e. The average Bonchev–Trinajstić information content (AvgIpc) is 3.24. The van der Waals surface area contributed by atoms with Crippen molar-refractivity contribution in [3.8, 4) is 0 Å². The number of thiophene rings is 1. The van der Waals surface area contributed by atoms with E-state index in [1.165, 1.54) is 18.4 Å². The van der Waals surface area contributed by atoms with Crippen LogP contribution in [-0.4, -0.2) is 67.4 Å². The molecule has 2 aromatic rings. The molecular weight excluding hydrogens is 394 g/mol. The second kappa shape index (κ2) is 8.79. The Labute approximate surface area is 173 Å². The first kappa shape index (κ1) is 21.1. The number of esters is 1. The maximum atomic E-state index is 12.5. The summed E-state index contributed by atoms with van der Waals surface area (Å²) in [6.07, 6.45) is 0. The van der Waals surface area contributed by atoms with Crippen molar-refractivity contribution in [3.05, 3.63) is 39.7 Å². The Balaban J connectivity index is 1.55. The molecule has 3 rings (SSSR count). The fourth-order valence-corrected chi connectivity index (χ4v) is 4.31. The first-order valence-corrected chi connectivity index (χ1v) is 10.2. The molecule has 3 heterocycles. The van der Waals surface area contributed by atoms with E-state index in [9.17, 15) is 14.4 Å². The lowest BCUT2D eigenvalue weighted by Crippen LogP contribution is -2.50. The lowest BCUT2D eigenvalue weighted by atomic mass is 10.1. The molecule has 1 aliphatic rings. The van der Waals surface area contributed by atoms with Gasteiger partial charge >= 0.3 is 5.97 Å². The Morgan fingerprint density at radius 3 is 2.41 bits per heavy atom. The highest BCUT2D eigenvalue weighted by molar-refractivity contribution is 7.16. The molecule has 0 aliphatic carbocycles. The van der Waals surface area contributed by atoms with Gasteiger partial charge in [-0.3, -0.25) is 14.5 Å². The normalized spacial score (nSPS) is 14.7. The smallest absolute Gasteiger partial charge is 0.341 e. The lowest BCUT2D eigenvalue weighted by Gasteiger charge is -2.33. The Kier molecular flexibility index (Phi) is 6.39. The van der Waals surface area contributed by atoms with E-state index in [1.807, 2.05) is 18.7 Å². The van der Waals surface area contributed by atoms with Crippen molar-refractivity contribution in [1.29, 1.82) is 0 Å². The van der Waals surface area contributed by atoms with Gasteiger partial charge < -0.3 is 19.4 Å². The summed E-state index contributed by atoms with van der Waals surface area (Å²) in [6, 6.07) is 3.45. The highest BCUT2D eigenvalue weighted by Crippen LogP contribution is 2.32. The van der Waals surface area contributed by atoms with Gasteiger partial charge in [-0.25, -0.2) is 4.79 Å². The third kappa shape index (κ3) is 4.68. The topological polar surface area (TPSA) is 92.1 Å². The molecule has 0 bridgehead atoms. The van der Waals surface area contributed by atoms with Gasteiger partial charge in [-0.1, -0.05) is 0 Å². The summed E-state index contributed by atoms with van der Waals surface area (Å²) in [5.41, 5.74) is 1.23. The van der Waals surface area contributed by atoms with E-state index < -0.39 is 5.97 Å². The van der Waals surface area contributed by atoms with E-state index in [2.05, 4.69) is 5.32 Å². The maximum absolute atomic E-state index is 12.5. The Hall–Kier alpha value is -2.65. The first-order valence-electron chi connectivity index (χ1n) is 9.36. The number of nitrogens with one attached hydrogen (secondary N) is 1. The molecule has 1 saturated heterocycles. The van der Waals surface area contributed by atoms with Crippen molar-refractivity contribution in [2.45, 2.75) is 20.8 Å². The fraction of sp³-hybridized carbons (Fsp3) is 0.450. The Bertz CT molecular complexity index is 925. The van der Waals surface area contributed by atoms with E-state index in [4.69, 9.17) is 9.15 Å². The fourth-order valence-electron chi connectivity index (χ4n) is 3.25. The molecule has 0 radical (unpaired) electrons. The zero-order valence-corrected chi connectivity index (χ0v) is 17.9. The molecule has 0 spiro atoms. The molecule has 1 N–H and O–H groups in total. The highest BCUT2D eigenvalue weighted by atomic mass is 32.1. The molecule has 2 amide bonds. The van der Waals surface area contributed by atoms with Gasteiger partial charge in [-0.2, -0.15) is 0 Å². The summed E-state index contributed by atoms with van der Waals surface area (Å²) in [5, 5.41) is 3.35. The standard InChI is InChI=1S/C20H25N3O5S/c1-12-5-6-15(28-12)19(25)23-9-7-22(8-10-23)11-16(24)21-18-17(20(26)27-4)13(2)14(3)29-18/h5-6H,7-11H2,1-4H3,(H,21,24). The second-order valence-corrected chi connectivity index (χ2v) is 8.23. The van der Waals surface area contributed by atoms with E-state index in [0.29, 0.717) is 48.3 Å². The van der Waals surface area contributed by atoms with Crippen LogP contribution in [0.25, 0.3) is 0 Å². The minimum absolute atomic E-state index is 0.130. The number of amides is 2. The number of ether oxygens (including phenoxy) is 1. The number of anilines is 1. The van der Waals surface area contributed by atoms with E-state index >= 15 is 0 Å². The zero-order chi connectivity index (χ0) is 21.1. The molecule has 29 heavy (non-hydrogen) atoms. The number of hydrogen-bond donors (Lipinski definition) is 1. The summed E-state index contributed by atoms with van der Waals surface area (Å²) < 4.78 is 10.2. The predicted octanol–water partition coefficient (Wildman–Crippen LogP) is 2.45. The molecule has 0 atom stereocenters. The summed E-state index contributed by atoms with van der Waals surface area (Å²) >= 11 is 1.36. The van der Waals surface area contributed by atoms with E-state index in [0.717, 1.165) is 10.4 Å². The van der Waals surface area contributed by atoms with Gasteiger partial charge in [0, 0.05) is 31.1 Å². The van der Waals surface area contributed by atoms with Crippen molar-refractivity contribution in [1.82, 2.24) is 9.80 Å². The first-order chi connectivity index (χ1) is 13.8. The van der Waals surface area contributed by atoms with Gasteiger partial charge in [0.05, 0.1) is 19.2 Å². The number of methoxy groups -OCH3 is 1. The third-order valence-electron chi connectivity index (χ3n) is 5.01. The number of hydrogen-bond acceptors (Lipinski definition) is 7. The Morgan fingerprint density at radius 2 is 1.83 bits per heavy atom. The zero-order valence-electron chi connectivity index (χ0n) is 17.0. The van der Waals surface area contributed by atoms with Gasteiger partial charge in [-0.05, 0) is 38.5 Å². The van der Waals surface area contributed by atoms with Crippen molar-refractivity contribution < 1.29 is 23.5 Å². The van der Waals surface area contributed by atoms with Crippen LogP contribution in [-0.2, 0) is 9.53 Å². The van der Waals surface area contributed by atoms with Crippen LogP contribution >= 0.6 is 11.3 Å². The van der Waals surface area contributed by atoms with Crippen molar-refractivity contribution in [2.24, 2.45) is 0 Å². The number of rotatable bonds is 5. The molecule has 1 aliphatic heterocycles. The summed E-state index contributed by atoms with van der Waals surface area (Å²) in [5.74, 6) is 0.260. The van der Waals surface area contributed by atoms with Crippen LogP contribution in [0.15, 0.2) is 16.5 Å². The quantitative estimate of drug-likeness (QED) is 0.749. The average molecular weight is 420 g/mol. The number of carbonyl (C=O) groups is 3. The maximum Gasteiger partial charge on any atom is 0.341 e. The molecule has 1 fully saturated rings. The lowest BCUT2D eigenvalue weighted by molar-refractivity contribution is -0.117. The molecule has 2 aromatic heterocycles. The van der Waals surface area contributed by atoms with Crippen LogP contribution in [0, 0.1) is 20.8 Å². The predicted molar refractivity (Wildman–Crippen MR) is 110 cm³/mol. The van der Waals surface area contributed by atoms with E-state index in [1.54, 1.807) is 24.0 Å². The van der Waals surface area contributed by atoms with Crippen LogP contribution in [0.4, 0.5) is 5.00 Å². The molecule has 0 saturated carbocycles. The monoisotopic (exact) mass is 419 g/mol. The van der Waals surface area contributed by atoms with Gasteiger partial charge in [-0.15, -0.1) is 11.3 Å². The van der Waals surface area contributed by atoms with Crippen LogP contribution in [0.5, 0.6) is 0 Å². The number of carbonyl (C=O) groups excluding carboxylic acids is 3. The molecule has 0 aromatic carbocycles. The van der Waals surface area contributed by atoms with Gasteiger partial charge in [0.2, 0.25) is 5.91 Å². The molecular formula is C20H25N3O5S. The number of aryl methyl sites for hydroxylation is 2.